The van der Waals surface area contributed by atoms with E-state index in [9.17, 15) is 10.1 Å². The molecule has 1 aromatic heterocycles. The first-order valence-electron chi connectivity index (χ1n) is 8.27. The number of hydrogen-bond acceptors (Lipinski definition) is 5. The third kappa shape index (κ3) is 3.80. The van der Waals surface area contributed by atoms with E-state index in [4.69, 9.17) is 4.74 Å². The molecule has 0 bridgehead atoms. The molecule has 122 valence electrons. The molecule has 2 fully saturated rings. The van der Waals surface area contributed by atoms with Crippen molar-refractivity contribution < 1.29 is 9.53 Å². The van der Waals surface area contributed by atoms with Crippen LogP contribution in [-0.2, 0) is 9.53 Å². The van der Waals surface area contributed by atoms with Crippen LogP contribution in [0.15, 0.2) is 18.3 Å². The maximum atomic E-state index is 12.3. The standard InChI is InChI=1S/C17H22N4O2/c18-11-14-3-1-7-19-16(14)21-8-5-13(6-9-21)17(22)20-12-15-4-2-10-23-15/h1,3,7,13,15H,2,4-6,8-10,12H2,(H,20,22)/t15-/m0/s1. The summed E-state index contributed by atoms with van der Waals surface area (Å²) in [5.41, 5.74) is 0.591. The topological polar surface area (TPSA) is 78.2 Å². The molecule has 6 heteroatoms. The summed E-state index contributed by atoms with van der Waals surface area (Å²) in [4.78, 5) is 18.7. The maximum Gasteiger partial charge on any atom is 0.223 e. The van der Waals surface area contributed by atoms with E-state index in [-0.39, 0.29) is 17.9 Å². The molecule has 0 spiro atoms. The average Bonchev–Trinajstić information content (AvgIpc) is 3.13. The van der Waals surface area contributed by atoms with Gasteiger partial charge in [-0.15, -0.1) is 0 Å². The highest BCUT2D eigenvalue weighted by atomic mass is 16.5. The van der Waals surface area contributed by atoms with Crippen molar-refractivity contribution in [2.75, 3.05) is 31.1 Å². The molecule has 2 saturated heterocycles. The number of rotatable bonds is 4. The second kappa shape index (κ2) is 7.42. The summed E-state index contributed by atoms with van der Waals surface area (Å²) in [6.07, 6.45) is 5.60. The lowest BCUT2D eigenvalue weighted by Gasteiger charge is -2.32. The molecule has 3 rings (SSSR count). The summed E-state index contributed by atoms with van der Waals surface area (Å²) in [5, 5.41) is 12.2. The summed E-state index contributed by atoms with van der Waals surface area (Å²) in [7, 11) is 0. The Morgan fingerprint density at radius 2 is 2.26 bits per heavy atom. The van der Waals surface area contributed by atoms with Crippen LogP contribution in [-0.4, -0.2) is 43.2 Å². The molecule has 0 aromatic carbocycles. The van der Waals surface area contributed by atoms with Crippen molar-refractivity contribution in [1.82, 2.24) is 10.3 Å². The molecular formula is C17H22N4O2. The van der Waals surface area contributed by atoms with E-state index in [1.165, 1.54) is 0 Å². The first-order valence-corrected chi connectivity index (χ1v) is 8.27. The van der Waals surface area contributed by atoms with Crippen LogP contribution in [0.4, 0.5) is 5.82 Å². The van der Waals surface area contributed by atoms with Gasteiger partial charge >= 0.3 is 0 Å². The second-order valence-corrected chi connectivity index (χ2v) is 6.13. The zero-order valence-corrected chi connectivity index (χ0v) is 13.2. The lowest BCUT2D eigenvalue weighted by atomic mass is 9.95. The Balaban J connectivity index is 1.50. The number of nitrogens with one attached hydrogen (secondary N) is 1. The van der Waals surface area contributed by atoms with Crippen LogP contribution in [0.1, 0.15) is 31.2 Å². The average molecular weight is 314 g/mol. The van der Waals surface area contributed by atoms with Gasteiger partial charge in [0.2, 0.25) is 5.91 Å². The van der Waals surface area contributed by atoms with Gasteiger partial charge in [0, 0.05) is 38.4 Å². The number of anilines is 1. The predicted octanol–water partition coefficient (Wildman–Crippen LogP) is 1.46. The van der Waals surface area contributed by atoms with E-state index in [2.05, 4.69) is 21.3 Å². The lowest BCUT2D eigenvalue weighted by molar-refractivity contribution is -0.126. The molecule has 1 aromatic rings. The van der Waals surface area contributed by atoms with Crippen LogP contribution in [0.2, 0.25) is 0 Å². The summed E-state index contributed by atoms with van der Waals surface area (Å²) >= 11 is 0. The van der Waals surface area contributed by atoms with Gasteiger partial charge in [0.05, 0.1) is 11.7 Å². The Kier molecular flexibility index (Phi) is 5.09. The number of nitrogens with zero attached hydrogens (tertiary/aromatic N) is 3. The van der Waals surface area contributed by atoms with E-state index in [0.717, 1.165) is 51.2 Å². The maximum absolute atomic E-state index is 12.3. The largest absolute Gasteiger partial charge is 0.376 e. The fourth-order valence-electron chi connectivity index (χ4n) is 3.25. The van der Waals surface area contributed by atoms with Gasteiger partial charge in [-0.1, -0.05) is 0 Å². The van der Waals surface area contributed by atoms with Crippen LogP contribution in [0.25, 0.3) is 0 Å². The molecule has 0 aliphatic carbocycles. The number of carbonyl (C=O) groups excluding carboxylic acids is 1. The van der Waals surface area contributed by atoms with Crippen molar-refractivity contribution in [3.8, 4) is 6.07 Å². The summed E-state index contributed by atoms with van der Waals surface area (Å²) in [5.74, 6) is 0.900. The van der Waals surface area contributed by atoms with Crippen molar-refractivity contribution in [3.63, 3.8) is 0 Å². The molecule has 23 heavy (non-hydrogen) atoms. The smallest absolute Gasteiger partial charge is 0.223 e. The van der Waals surface area contributed by atoms with Gasteiger partial charge in [0.1, 0.15) is 11.9 Å². The highest BCUT2D eigenvalue weighted by Gasteiger charge is 2.27. The van der Waals surface area contributed by atoms with Gasteiger partial charge < -0.3 is 15.0 Å². The van der Waals surface area contributed by atoms with Gasteiger partial charge in [-0.25, -0.2) is 4.98 Å². The number of aromatic nitrogens is 1. The van der Waals surface area contributed by atoms with Crippen LogP contribution in [0.3, 0.4) is 0 Å². The highest BCUT2D eigenvalue weighted by molar-refractivity contribution is 5.79. The van der Waals surface area contributed by atoms with Crippen molar-refractivity contribution >= 4 is 11.7 Å². The van der Waals surface area contributed by atoms with Crippen molar-refractivity contribution in [2.24, 2.45) is 5.92 Å². The number of hydrogen-bond donors (Lipinski definition) is 1. The molecule has 3 heterocycles. The van der Waals surface area contributed by atoms with Crippen molar-refractivity contribution in [1.29, 1.82) is 5.26 Å². The fourth-order valence-corrected chi connectivity index (χ4v) is 3.25. The second-order valence-electron chi connectivity index (χ2n) is 6.13. The number of nitriles is 1. The van der Waals surface area contributed by atoms with Gasteiger partial charge in [-0.05, 0) is 37.8 Å². The van der Waals surface area contributed by atoms with E-state index in [1.807, 2.05) is 0 Å². The zero-order chi connectivity index (χ0) is 16.1. The molecule has 0 saturated carbocycles. The summed E-state index contributed by atoms with van der Waals surface area (Å²) < 4.78 is 5.53. The van der Waals surface area contributed by atoms with Crippen LogP contribution >= 0.6 is 0 Å². The normalized spacial score (nSPS) is 21.9. The fraction of sp³-hybridized carbons (Fsp3) is 0.588. The molecule has 2 aliphatic heterocycles. The van der Waals surface area contributed by atoms with Gasteiger partial charge in [-0.3, -0.25) is 4.79 Å². The van der Waals surface area contributed by atoms with Crippen LogP contribution < -0.4 is 10.2 Å². The molecule has 6 nitrogen and oxygen atoms in total. The molecule has 0 unspecified atom stereocenters. The van der Waals surface area contributed by atoms with Crippen LogP contribution in [0, 0.1) is 17.2 Å². The van der Waals surface area contributed by atoms with E-state index in [0.29, 0.717) is 12.1 Å². The van der Waals surface area contributed by atoms with Gasteiger partial charge in [-0.2, -0.15) is 5.26 Å². The monoisotopic (exact) mass is 314 g/mol. The first kappa shape index (κ1) is 15.8. The first-order chi connectivity index (χ1) is 11.3. The number of piperidine rings is 1. The number of ether oxygens (including phenoxy) is 1. The van der Waals surface area contributed by atoms with E-state index >= 15 is 0 Å². The van der Waals surface area contributed by atoms with E-state index < -0.39 is 0 Å². The number of carbonyl (C=O) groups is 1. The highest BCUT2D eigenvalue weighted by Crippen LogP contribution is 2.24. The minimum absolute atomic E-state index is 0.0434. The Bertz CT molecular complexity index is 585. The Morgan fingerprint density at radius 1 is 1.43 bits per heavy atom. The van der Waals surface area contributed by atoms with Gasteiger partial charge in [0.15, 0.2) is 0 Å². The zero-order valence-electron chi connectivity index (χ0n) is 13.2. The Labute approximate surface area is 136 Å². The summed E-state index contributed by atoms with van der Waals surface area (Å²) in [6.45, 7) is 2.94. The van der Waals surface area contributed by atoms with Crippen molar-refractivity contribution in [2.45, 2.75) is 31.8 Å². The SMILES string of the molecule is N#Cc1cccnc1N1CCC(C(=O)NC[C@@H]2CCCO2)CC1. The van der Waals surface area contributed by atoms with Crippen LogP contribution in [0.5, 0.6) is 0 Å². The summed E-state index contributed by atoms with van der Waals surface area (Å²) in [6, 6.07) is 5.73. The molecular weight excluding hydrogens is 292 g/mol. The predicted molar refractivity (Wildman–Crippen MR) is 85.9 cm³/mol. The molecule has 1 atom stereocenters. The molecule has 0 radical (unpaired) electrons. The Hall–Kier alpha value is -2.13. The quantitative estimate of drug-likeness (QED) is 0.910. The molecule has 2 aliphatic rings. The van der Waals surface area contributed by atoms with E-state index in [1.54, 1.807) is 18.3 Å². The molecule has 1 N–H and O–H groups in total. The third-order valence-corrected chi connectivity index (χ3v) is 4.60. The van der Waals surface area contributed by atoms with Gasteiger partial charge in [0.25, 0.3) is 0 Å². The molecule has 1 amide bonds. The minimum atomic E-state index is 0.0434. The Morgan fingerprint density at radius 3 is 2.96 bits per heavy atom. The lowest BCUT2D eigenvalue weighted by Crippen LogP contribution is -2.42. The van der Waals surface area contributed by atoms with Crippen molar-refractivity contribution in [3.05, 3.63) is 23.9 Å². The minimum Gasteiger partial charge on any atom is -0.376 e. The number of amides is 1. The third-order valence-electron chi connectivity index (χ3n) is 4.60. The number of pyridine rings is 1.